The Labute approximate surface area is 362 Å². The van der Waals surface area contributed by atoms with Gasteiger partial charge < -0.3 is 9.80 Å². The Kier molecular flexibility index (Phi) is 6.91. The van der Waals surface area contributed by atoms with Gasteiger partial charge in [-0.05, 0) is 167 Å². The number of benzene rings is 5. The normalized spacial score (nSPS) is 27.6. The molecular weight excluding hydrogens is 744 g/mol. The largest absolute Gasteiger partial charge is 0.335 e. The minimum Gasteiger partial charge on any atom is -0.335 e. The summed E-state index contributed by atoms with van der Waals surface area (Å²) in [6, 6.07) is 35.2. The van der Waals surface area contributed by atoms with Crippen LogP contribution in [-0.4, -0.2) is 12.3 Å². The molecule has 1 spiro atoms. The Balaban J connectivity index is 1.14. The van der Waals surface area contributed by atoms with E-state index in [4.69, 9.17) is 0 Å². The second-order valence-electron chi connectivity index (χ2n) is 22.8. The molecule has 60 heavy (non-hydrogen) atoms. The third kappa shape index (κ3) is 4.19. The van der Waals surface area contributed by atoms with Crippen molar-refractivity contribution in [1.82, 2.24) is 0 Å². The summed E-state index contributed by atoms with van der Waals surface area (Å²) in [5.41, 5.74) is 22.6. The molecule has 2 unspecified atom stereocenters. The van der Waals surface area contributed by atoms with E-state index < -0.39 is 0 Å². The summed E-state index contributed by atoms with van der Waals surface area (Å²) in [4.78, 5) is 5.71. The molecule has 3 saturated carbocycles. The van der Waals surface area contributed by atoms with Crippen LogP contribution in [0.25, 0.3) is 21.2 Å². The van der Waals surface area contributed by atoms with E-state index in [-0.39, 0.29) is 33.9 Å². The molecule has 3 fully saturated rings. The van der Waals surface area contributed by atoms with Crippen LogP contribution in [-0.2, 0) is 21.7 Å². The number of hydrogen-bond donors (Lipinski definition) is 0. The molecule has 1 aromatic heterocycles. The van der Waals surface area contributed by atoms with Crippen LogP contribution >= 0.6 is 11.3 Å². The van der Waals surface area contributed by atoms with Gasteiger partial charge in [0.15, 0.2) is 0 Å². The molecule has 2 atom stereocenters. The van der Waals surface area contributed by atoms with E-state index in [1.165, 1.54) is 128 Å². The Hall–Kier alpha value is -4.28. The second-order valence-corrected chi connectivity index (χ2v) is 23.9. The molecule has 4 aliphatic carbocycles. The van der Waals surface area contributed by atoms with E-state index in [0.717, 1.165) is 11.8 Å². The number of fused-ring (bicyclic) bond motifs is 12. The molecule has 0 N–H and O–H groups in total. The van der Waals surface area contributed by atoms with Gasteiger partial charge in [-0.25, -0.2) is 0 Å². The number of thiophene rings is 1. The monoisotopic (exact) mass is 802 g/mol. The van der Waals surface area contributed by atoms with E-state index >= 15 is 0 Å². The minimum absolute atomic E-state index is 0.00569. The maximum Gasteiger partial charge on any atom is 0.264 e. The van der Waals surface area contributed by atoms with Crippen LogP contribution in [0, 0.1) is 18.8 Å². The molecule has 0 amide bonds. The first-order valence-corrected chi connectivity index (χ1v) is 24.2. The minimum atomic E-state index is 0.00569. The third-order valence-electron chi connectivity index (χ3n) is 17.9. The van der Waals surface area contributed by atoms with Crippen molar-refractivity contribution in [3.8, 4) is 11.1 Å². The fraction of sp³-hybridized carbons (Fsp3) is 0.429. The van der Waals surface area contributed by atoms with Gasteiger partial charge >= 0.3 is 0 Å². The van der Waals surface area contributed by atoms with Gasteiger partial charge in [-0.3, -0.25) is 0 Å². The average Bonchev–Trinajstić information content (AvgIpc) is 4.00. The van der Waals surface area contributed by atoms with Crippen molar-refractivity contribution in [3.63, 3.8) is 0 Å². The van der Waals surface area contributed by atoms with E-state index in [0.29, 0.717) is 0 Å². The fourth-order valence-corrected chi connectivity index (χ4v) is 16.1. The van der Waals surface area contributed by atoms with Gasteiger partial charge in [0.05, 0.1) is 11.2 Å². The maximum atomic E-state index is 2.92. The van der Waals surface area contributed by atoms with Crippen molar-refractivity contribution in [2.75, 3.05) is 9.80 Å². The molecule has 4 heterocycles. The predicted molar refractivity (Wildman–Crippen MR) is 258 cm³/mol. The van der Waals surface area contributed by atoms with E-state index in [1.54, 1.807) is 22.2 Å². The number of anilines is 5. The van der Waals surface area contributed by atoms with Gasteiger partial charge in [-0.15, -0.1) is 11.3 Å². The molecule has 6 aromatic rings. The average molecular weight is 803 g/mol. The topological polar surface area (TPSA) is 6.48 Å². The lowest BCUT2D eigenvalue weighted by atomic mass is 9.36. The molecule has 13 rings (SSSR count). The smallest absolute Gasteiger partial charge is 0.264 e. The highest BCUT2D eigenvalue weighted by Crippen LogP contribution is 2.68. The number of rotatable bonds is 1. The summed E-state index contributed by atoms with van der Waals surface area (Å²) < 4.78 is 2.92. The number of hydrogen-bond acceptors (Lipinski definition) is 3. The van der Waals surface area contributed by atoms with Gasteiger partial charge in [-0.1, -0.05) is 110 Å². The summed E-state index contributed by atoms with van der Waals surface area (Å²) in [5, 5.41) is 1.41. The van der Waals surface area contributed by atoms with Crippen molar-refractivity contribution >= 4 is 72.3 Å². The zero-order chi connectivity index (χ0) is 41.0. The second kappa shape index (κ2) is 11.4. The molecule has 2 nitrogen and oxygen atoms in total. The molecule has 5 aromatic carbocycles. The Bertz CT molecular complexity index is 2880. The van der Waals surface area contributed by atoms with Crippen molar-refractivity contribution in [2.24, 2.45) is 11.8 Å². The summed E-state index contributed by atoms with van der Waals surface area (Å²) in [6.45, 7) is 22.2. The van der Waals surface area contributed by atoms with Crippen LogP contribution in [0.3, 0.4) is 0 Å². The van der Waals surface area contributed by atoms with E-state index in [9.17, 15) is 0 Å². The molecule has 4 heteroatoms. The Morgan fingerprint density at radius 2 is 1.37 bits per heavy atom. The van der Waals surface area contributed by atoms with Crippen LogP contribution in [0.15, 0.2) is 84.9 Å². The van der Waals surface area contributed by atoms with Gasteiger partial charge in [0.25, 0.3) is 6.71 Å². The molecular formula is C56H59BN2S. The highest BCUT2D eigenvalue weighted by atomic mass is 32.1. The number of nitrogens with zero attached hydrogens (tertiary/aromatic N) is 2. The summed E-state index contributed by atoms with van der Waals surface area (Å²) >= 11 is 2.07. The van der Waals surface area contributed by atoms with Gasteiger partial charge in [0, 0.05) is 48.4 Å². The van der Waals surface area contributed by atoms with Crippen LogP contribution < -0.4 is 25.5 Å². The van der Waals surface area contributed by atoms with Crippen LogP contribution in [0.1, 0.15) is 140 Å². The SMILES string of the molecule is Cc1cc2c3c(c1)N1c4c(cc(C(C)(C)C)cc4C4(C)CCCCC14C)B3c1sc3ccc(C(C)(C)C)cc3c1N2c1ccc2c(c1)C1(c3ccccc3-2)C2CCC1CC2. The highest BCUT2D eigenvalue weighted by molar-refractivity contribution is 7.33. The van der Waals surface area contributed by atoms with E-state index in [1.807, 2.05) is 0 Å². The van der Waals surface area contributed by atoms with Crippen LogP contribution in [0.4, 0.5) is 28.4 Å². The first kappa shape index (κ1) is 36.4. The summed E-state index contributed by atoms with van der Waals surface area (Å²) in [7, 11) is 0. The lowest BCUT2D eigenvalue weighted by Gasteiger charge is -2.52. The Morgan fingerprint density at radius 3 is 2.12 bits per heavy atom. The quantitative estimate of drug-likeness (QED) is 0.153. The molecule has 3 aliphatic heterocycles. The zero-order valence-electron chi connectivity index (χ0n) is 37.3. The van der Waals surface area contributed by atoms with Crippen LogP contribution in [0.5, 0.6) is 0 Å². The molecule has 0 saturated heterocycles. The van der Waals surface area contributed by atoms with Crippen molar-refractivity contribution < 1.29 is 0 Å². The fourth-order valence-electron chi connectivity index (χ4n) is 14.8. The van der Waals surface area contributed by atoms with Gasteiger partial charge in [0.2, 0.25) is 0 Å². The first-order chi connectivity index (χ1) is 28.6. The first-order valence-electron chi connectivity index (χ1n) is 23.4. The molecule has 2 bridgehead atoms. The molecule has 0 radical (unpaired) electrons. The predicted octanol–water partition coefficient (Wildman–Crippen LogP) is 13.2. The van der Waals surface area contributed by atoms with Crippen molar-refractivity contribution in [1.29, 1.82) is 0 Å². The highest BCUT2D eigenvalue weighted by Gasteiger charge is 2.63. The standard InChI is InChI=1S/C56H59BN2S/c1-32-26-45-48-46(27-32)59-50-43(54(8)24-12-13-25-55(54,59)9)29-36(53(5,6)7)30-44(50)57(48)51-49(40-28-35(52(2,3)4)20-23-47(40)60-51)58(45)37-21-22-39-38-14-10-11-15-41(38)56(42(39)31-37)33-16-17-34(56)19-18-33/h10-11,14-15,20-23,26-31,33-34H,12-13,16-19,24-25H2,1-9H3. The maximum absolute atomic E-state index is 2.92. The Morgan fingerprint density at radius 1 is 0.667 bits per heavy atom. The van der Waals surface area contributed by atoms with Gasteiger partial charge in [0.1, 0.15) is 0 Å². The van der Waals surface area contributed by atoms with Crippen molar-refractivity contribution in [2.45, 2.75) is 141 Å². The number of aryl methyl sites for hydroxylation is 1. The summed E-state index contributed by atoms with van der Waals surface area (Å²) in [5.74, 6) is 1.46. The summed E-state index contributed by atoms with van der Waals surface area (Å²) in [6.07, 6.45) is 10.5. The molecule has 7 aliphatic rings. The molecule has 302 valence electrons. The lowest BCUT2D eigenvalue weighted by Crippen LogP contribution is -2.64. The third-order valence-corrected chi connectivity index (χ3v) is 19.1. The zero-order valence-corrected chi connectivity index (χ0v) is 38.1. The van der Waals surface area contributed by atoms with Gasteiger partial charge in [-0.2, -0.15) is 0 Å². The van der Waals surface area contributed by atoms with E-state index in [2.05, 4.69) is 168 Å². The van der Waals surface area contributed by atoms with Crippen molar-refractivity contribution in [3.05, 3.63) is 118 Å². The lowest BCUT2D eigenvalue weighted by molar-refractivity contribution is 0.195. The van der Waals surface area contributed by atoms with Crippen LogP contribution in [0.2, 0.25) is 0 Å².